The lowest BCUT2D eigenvalue weighted by Crippen LogP contribution is -2.16. The first-order valence-corrected chi connectivity index (χ1v) is 9.30. The molecule has 0 atom stereocenters. The fraction of sp³-hybridized carbons (Fsp3) is 0.250. The van der Waals surface area contributed by atoms with Gasteiger partial charge in [-0.05, 0) is 12.1 Å². The van der Waals surface area contributed by atoms with E-state index in [1.807, 2.05) is 12.3 Å². The molecule has 0 unspecified atom stereocenters. The van der Waals surface area contributed by atoms with Gasteiger partial charge >= 0.3 is 0 Å². The molecule has 0 saturated carbocycles. The Morgan fingerprint density at radius 2 is 2.13 bits per heavy atom. The van der Waals surface area contributed by atoms with Crippen LogP contribution in [0.5, 0.6) is 0 Å². The van der Waals surface area contributed by atoms with Crippen LogP contribution in [-0.2, 0) is 0 Å². The van der Waals surface area contributed by atoms with Gasteiger partial charge in [-0.2, -0.15) is 0 Å². The summed E-state index contributed by atoms with van der Waals surface area (Å²) in [6.45, 7) is 6.77. The second-order valence-electron chi connectivity index (χ2n) is 4.51. The third-order valence-electron chi connectivity index (χ3n) is 1.92. The number of rotatable bonds is 0. The molecule has 3 heteroatoms. The van der Waals surface area contributed by atoms with Crippen LogP contribution in [0.3, 0.4) is 0 Å². The van der Waals surface area contributed by atoms with E-state index in [1.54, 1.807) is 11.3 Å². The molecule has 15 heavy (non-hydrogen) atoms. The van der Waals surface area contributed by atoms with E-state index in [0.29, 0.717) is 0 Å². The largest absolute Gasteiger partial charge is 0.245 e. The molecule has 2 aromatic heterocycles. The predicted octanol–water partition coefficient (Wildman–Crippen LogP) is 3.53. The number of thiophene rings is 1. The Kier molecular flexibility index (Phi) is 2.64. The first-order chi connectivity index (χ1) is 7.06. The van der Waals surface area contributed by atoms with Gasteiger partial charge in [-0.25, -0.2) is 4.98 Å². The Hall–Kier alpha value is -1.11. The lowest BCUT2D eigenvalue weighted by molar-refractivity contribution is 1.45. The van der Waals surface area contributed by atoms with Crippen molar-refractivity contribution in [1.82, 2.24) is 4.98 Å². The van der Waals surface area contributed by atoms with Crippen LogP contribution < -0.4 is 0 Å². The first kappa shape index (κ1) is 10.4. The Morgan fingerprint density at radius 3 is 2.87 bits per heavy atom. The molecular formula is C12H13NSSi. The highest BCUT2D eigenvalue weighted by Crippen LogP contribution is 2.22. The van der Waals surface area contributed by atoms with Crippen LogP contribution in [0.4, 0.5) is 0 Å². The average molecular weight is 231 g/mol. The van der Waals surface area contributed by atoms with E-state index < -0.39 is 8.07 Å². The van der Waals surface area contributed by atoms with Crippen LogP contribution >= 0.6 is 11.3 Å². The van der Waals surface area contributed by atoms with Crippen molar-refractivity contribution in [2.45, 2.75) is 19.6 Å². The molecule has 2 rings (SSSR count). The Balaban J connectivity index is 2.48. The molecule has 0 radical (unpaired) electrons. The van der Waals surface area contributed by atoms with Crippen LogP contribution in [0.15, 0.2) is 23.7 Å². The van der Waals surface area contributed by atoms with Gasteiger partial charge in [0.25, 0.3) is 0 Å². The average Bonchev–Trinajstić information content (AvgIpc) is 2.57. The molecule has 0 amide bonds. The smallest absolute Gasteiger partial charge is 0.129 e. The quantitative estimate of drug-likeness (QED) is 0.499. The number of nitrogens with zero attached hydrogens (tertiary/aromatic N) is 1. The van der Waals surface area contributed by atoms with E-state index in [0.717, 1.165) is 10.4 Å². The summed E-state index contributed by atoms with van der Waals surface area (Å²) in [5.41, 5.74) is 4.51. The topological polar surface area (TPSA) is 12.9 Å². The fourth-order valence-corrected chi connectivity index (χ4v) is 2.57. The predicted molar refractivity (Wildman–Crippen MR) is 69.8 cm³/mol. The molecule has 0 aromatic carbocycles. The van der Waals surface area contributed by atoms with Gasteiger partial charge in [0.2, 0.25) is 0 Å². The van der Waals surface area contributed by atoms with E-state index in [4.69, 9.17) is 0 Å². The van der Waals surface area contributed by atoms with Gasteiger partial charge in [0, 0.05) is 22.5 Å². The molecular weight excluding hydrogens is 218 g/mol. The fourth-order valence-electron chi connectivity index (χ4n) is 1.22. The Labute approximate surface area is 95.2 Å². The molecule has 0 saturated heterocycles. The molecule has 0 bridgehead atoms. The van der Waals surface area contributed by atoms with Crippen LogP contribution in [0.25, 0.3) is 10.2 Å². The monoisotopic (exact) mass is 231 g/mol. The summed E-state index contributed by atoms with van der Waals surface area (Å²) >= 11 is 1.67. The number of hydrogen-bond donors (Lipinski definition) is 0. The minimum absolute atomic E-state index is 1.08. The molecule has 1 nitrogen and oxygen atoms in total. The summed E-state index contributed by atoms with van der Waals surface area (Å²) in [7, 11) is -1.28. The standard InChI is InChI=1S/C12H13NSSi/c1-15(2,3)8-6-10-9-14-12-11(10)5-4-7-13-12/h4-5,7,9H,1-3H3. The van der Waals surface area contributed by atoms with Gasteiger partial charge in [0.05, 0.1) is 0 Å². The van der Waals surface area contributed by atoms with Gasteiger partial charge in [-0.3, -0.25) is 0 Å². The molecule has 76 valence electrons. The lowest BCUT2D eigenvalue weighted by atomic mass is 10.2. The maximum atomic E-state index is 4.31. The van der Waals surface area contributed by atoms with Crippen molar-refractivity contribution in [3.05, 3.63) is 29.3 Å². The van der Waals surface area contributed by atoms with Crippen LogP contribution in [0.1, 0.15) is 5.56 Å². The molecule has 0 fully saturated rings. The third kappa shape index (κ3) is 2.47. The number of aromatic nitrogens is 1. The van der Waals surface area contributed by atoms with Crippen molar-refractivity contribution < 1.29 is 0 Å². The normalized spacial score (nSPS) is 11.1. The highest BCUT2D eigenvalue weighted by molar-refractivity contribution is 7.17. The van der Waals surface area contributed by atoms with Gasteiger partial charge in [0.1, 0.15) is 12.9 Å². The highest BCUT2D eigenvalue weighted by Gasteiger charge is 2.08. The van der Waals surface area contributed by atoms with Crippen molar-refractivity contribution in [2.24, 2.45) is 0 Å². The minimum Gasteiger partial charge on any atom is -0.245 e. The molecule has 0 N–H and O–H groups in total. The third-order valence-corrected chi connectivity index (χ3v) is 3.70. The van der Waals surface area contributed by atoms with E-state index in [1.165, 1.54) is 5.39 Å². The summed E-state index contributed by atoms with van der Waals surface area (Å²) in [5, 5.41) is 3.29. The molecule has 0 aliphatic carbocycles. The van der Waals surface area contributed by atoms with Crippen molar-refractivity contribution >= 4 is 29.6 Å². The van der Waals surface area contributed by atoms with Crippen molar-refractivity contribution in [3.8, 4) is 11.5 Å². The molecule has 2 aromatic rings. The van der Waals surface area contributed by atoms with Crippen LogP contribution in [-0.4, -0.2) is 13.1 Å². The Bertz CT molecular complexity index is 540. The van der Waals surface area contributed by atoms with Gasteiger partial charge in [0.15, 0.2) is 0 Å². The summed E-state index contributed by atoms with van der Waals surface area (Å²) in [6, 6.07) is 4.06. The summed E-state index contributed by atoms with van der Waals surface area (Å²) in [4.78, 5) is 5.39. The number of pyridine rings is 1. The SMILES string of the molecule is C[Si](C)(C)C#Cc1csc2ncccc12. The zero-order chi connectivity index (χ0) is 10.9. The van der Waals surface area contributed by atoms with Crippen molar-refractivity contribution in [3.63, 3.8) is 0 Å². The van der Waals surface area contributed by atoms with E-state index >= 15 is 0 Å². The molecule has 2 heterocycles. The molecule has 0 aliphatic heterocycles. The second-order valence-corrected chi connectivity index (χ2v) is 10.1. The van der Waals surface area contributed by atoms with Crippen molar-refractivity contribution in [1.29, 1.82) is 0 Å². The first-order valence-electron chi connectivity index (χ1n) is 4.92. The summed E-state index contributed by atoms with van der Waals surface area (Å²) in [5.74, 6) is 3.29. The van der Waals surface area contributed by atoms with Crippen molar-refractivity contribution in [2.75, 3.05) is 0 Å². The number of hydrogen-bond acceptors (Lipinski definition) is 2. The highest BCUT2D eigenvalue weighted by atomic mass is 32.1. The number of fused-ring (bicyclic) bond motifs is 1. The van der Waals surface area contributed by atoms with Gasteiger partial charge in [-0.15, -0.1) is 16.9 Å². The summed E-state index contributed by atoms with van der Waals surface area (Å²) in [6.07, 6.45) is 1.83. The van der Waals surface area contributed by atoms with Gasteiger partial charge < -0.3 is 0 Å². The lowest BCUT2D eigenvalue weighted by Gasteiger charge is -2.02. The summed E-state index contributed by atoms with van der Waals surface area (Å²) < 4.78 is 0. The van der Waals surface area contributed by atoms with E-state index in [2.05, 4.69) is 47.5 Å². The zero-order valence-corrected chi connectivity index (χ0v) is 11.0. The maximum Gasteiger partial charge on any atom is 0.129 e. The van der Waals surface area contributed by atoms with E-state index in [-0.39, 0.29) is 0 Å². The molecule has 0 aliphatic rings. The second kappa shape index (κ2) is 3.80. The Morgan fingerprint density at radius 1 is 1.33 bits per heavy atom. The van der Waals surface area contributed by atoms with E-state index in [9.17, 15) is 0 Å². The van der Waals surface area contributed by atoms with Crippen LogP contribution in [0.2, 0.25) is 19.6 Å². The maximum absolute atomic E-state index is 4.31. The minimum atomic E-state index is -1.28. The van der Waals surface area contributed by atoms with Gasteiger partial charge in [-0.1, -0.05) is 25.6 Å². The van der Waals surface area contributed by atoms with Crippen LogP contribution in [0, 0.1) is 11.5 Å². The zero-order valence-electron chi connectivity index (χ0n) is 9.16. The molecule has 0 spiro atoms.